The van der Waals surface area contributed by atoms with Crippen LogP contribution in [0.4, 0.5) is 0 Å². The van der Waals surface area contributed by atoms with Crippen LogP contribution < -0.4 is 17.2 Å². The van der Waals surface area contributed by atoms with E-state index in [1.54, 1.807) is 5.43 Å². The number of nitrogens with two attached hydrogens (primary N) is 2. The minimum absolute atomic E-state index is 0.629. The molecule has 0 unspecified atom stereocenters. The molecule has 0 aromatic heterocycles. The molecule has 0 aliphatic heterocycles. The largest absolute Gasteiger partial charge is 0.373 e. The van der Waals surface area contributed by atoms with E-state index in [2.05, 4.69) is 10.7 Å². The van der Waals surface area contributed by atoms with Gasteiger partial charge in [-0.3, -0.25) is 10.2 Å². The van der Waals surface area contributed by atoms with Crippen LogP contribution in [0.5, 0.6) is 0 Å². The summed E-state index contributed by atoms with van der Waals surface area (Å²) in [6.45, 7) is 1.33. The van der Waals surface area contributed by atoms with Crippen molar-refractivity contribution < 1.29 is 14.4 Å². The van der Waals surface area contributed by atoms with Gasteiger partial charge >= 0.3 is 5.97 Å². The molecule has 1 atom stereocenters. The van der Waals surface area contributed by atoms with Gasteiger partial charge in [0.25, 0.3) is 0 Å². The number of hydrazine groups is 1. The third kappa shape index (κ3) is 2.00. The molecule has 5 N–H and O–H groups in total. The van der Waals surface area contributed by atoms with Gasteiger partial charge in [-0.15, -0.1) is 0 Å². The molecule has 0 aromatic rings. The number of hydrogen-bond donors (Lipinski definition) is 3. The van der Waals surface area contributed by atoms with Crippen LogP contribution in [0.2, 0.25) is 0 Å². The summed E-state index contributed by atoms with van der Waals surface area (Å²) >= 11 is 0. The van der Waals surface area contributed by atoms with E-state index in [1.165, 1.54) is 6.92 Å². The van der Waals surface area contributed by atoms with Gasteiger partial charge in [-0.05, 0) is 6.92 Å². The topological polar surface area (TPSA) is 107 Å². The van der Waals surface area contributed by atoms with Gasteiger partial charge in [0, 0.05) is 0 Å². The molecule has 0 radical (unpaired) electrons. The fourth-order valence-electron chi connectivity index (χ4n) is 0.334. The third-order valence-corrected chi connectivity index (χ3v) is 1.01. The fourth-order valence-corrected chi connectivity index (χ4v) is 0.334. The van der Waals surface area contributed by atoms with Gasteiger partial charge in [-0.1, -0.05) is 0 Å². The van der Waals surface area contributed by atoms with Crippen LogP contribution in [0.25, 0.3) is 0 Å². The van der Waals surface area contributed by atoms with Crippen LogP contribution in [0, 0.1) is 5.92 Å². The summed E-state index contributed by atoms with van der Waals surface area (Å²) in [5.74, 6) is 6.80. The van der Waals surface area contributed by atoms with Gasteiger partial charge in [-0.2, -0.15) is 5.90 Å². The minimum atomic E-state index is -0.963. The maximum absolute atomic E-state index is 10.5. The molecule has 6 nitrogen and oxygen atoms in total. The summed E-state index contributed by atoms with van der Waals surface area (Å²) in [6, 6.07) is 0. The molecule has 0 bridgehead atoms. The quantitative estimate of drug-likeness (QED) is 0.182. The zero-order valence-corrected chi connectivity index (χ0v) is 5.46. The van der Waals surface area contributed by atoms with Gasteiger partial charge in [0.15, 0.2) is 0 Å². The predicted molar refractivity (Wildman–Crippen MR) is 31.8 cm³/mol. The van der Waals surface area contributed by atoms with Crippen molar-refractivity contribution in [1.82, 2.24) is 5.43 Å². The maximum Gasteiger partial charge on any atom is 0.336 e. The lowest BCUT2D eigenvalue weighted by Crippen LogP contribution is -2.39. The molecule has 0 fully saturated rings. The van der Waals surface area contributed by atoms with Crippen LogP contribution in [0.1, 0.15) is 6.92 Å². The molecule has 0 aliphatic rings. The molecule has 0 aromatic carbocycles. The average molecular weight is 147 g/mol. The number of carbonyl (C=O) groups excluding carboxylic acids is 2. The van der Waals surface area contributed by atoms with Crippen molar-refractivity contribution in [3.63, 3.8) is 0 Å². The van der Waals surface area contributed by atoms with Crippen molar-refractivity contribution in [3.05, 3.63) is 0 Å². The number of rotatable bonds is 2. The maximum atomic E-state index is 10.5. The molecule has 0 saturated carbocycles. The Labute approximate surface area is 57.4 Å². The molecule has 0 heterocycles. The number of hydrogen-bond acceptors (Lipinski definition) is 5. The highest BCUT2D eigenvalue weighted by Gasteiger charge is 2.21. The molecule has 0 rings (SSSR count). The van der Waals surface area contributed by atoms with Gasteiger partial charge in [0.1, 0.15) is 5.92 Å². The molecule has 6 heteroatoms. The van der Waals surface area contributed by atoms with Crippen LogP contribution >= 0.6 is 0 Å². The second kappa shape index (κ2) is 3.80. The smallest absolute Gasteiger partial charge is 0.336 e. The summed E-state index contributed by atoms with van der Waals surface area (Å²) in [7, 11) is 0. The lowest BCUT2D eigenvalue weighted by molar-refractivity contribution is -0.152. The van der Waals surface area contributed by atoms with Crippen molar-refractivity contribution in [1.29, 1.82) is 0 Å². The molecular weight excluding hydrogens is 138 g/mol. The Hall–Kier alpha value is -1.14. The van der Waals surface area contributed by atoms with Gasteiger partial charge < -0.3 is 4.84 Å². The van der Waals surface area contributed by atoms with Crippen molar-refractivity contribution >= 4 is 11.9 Å². The van der Waals surface area contributed by atoms with Crippen LogP contribution in [-0.4, -0.2) is 11.9 Å². The third-order valence-electron chi connectivity index (χ3n) is 1.01. The first-order valence-electron chi connectivity index (χ1n) is 2.54. The highest BCUT2D eigenvalue weighted by atomic mass is 16.7. The van der Waals surface area contributed by atoms with Crippen molar-refractivity contribution in [3.8, 4) is 0 Å². The normalized spacial score (nSPS) is 11.9. The second-order valence-electron chi connectivity index (χ2n) is 1.67. The van der Waals surface area contributed by atoms with E-state index in [0.29, 0.717) is 0 Å². The van der Waals surface area contributed by atoms with Gasteiger partial charge in [0.05, 0.1) is 0 Å². The number of amides is 1. The molecule has 0 spiro atoms. The summed E-state index contributed by atoms with van der Waals surface area (Å²) in [5.41, 5.74) is 1.78. The predicted octanol–water partition coefficient (Wildman–Crippen LogP) is -1.97. The first kappa shape index (κ1) is 8.86. The van der Waals surface area contributed by atoms with E-state index in [0.717, 1.165) is 0 Å². The SMILES string of the molecule is C[C@@H](C(=O)NN)C(=O)ON. The Kier molecular flexibility index (Phi) is 3.37. The van der Waals surface area contributed by atoms with Crippen LogP contribution in [-0.2, 0) is 14.4 Å². The molecule has 0 saturated heterocycles. The summed E-state index contributed by atoms with van der Waals surface area (Å²) in [6.07, 6.45) is 0. The molecule has 0 aliphatic carbocycles. The zero-order valence-electron chi connectivity index (χ0n) is 5.46. The van der Waals surface area contributed by atoms with Gasteiger partial charge in [-0.25, -0.2) is 10.6 Å². The second-order valence-corrected chi connectivity index (χ2v) is 1.67. The number of nitrogens with one attached hydrogen (secondary N) is 1. The van der Waals surface area contributed by atoms with Crippen molar-refractivity contribution in [2.75, 3.05) is 0 Å². The molecule has 1 amide bonds. The average Bonchev–Trinajstić information content (AvgIpc) is 2.00. The minimum Gasteiger partial charge on any atom is -0.373 e. The standard InChI is InChI=1S/C4H9N3O3/c1-2(3(8)7-5)4(9)10-6/h2H,5-6H2,1H3,(H,7,8)/t2-/m0/s1. The first-order valence-corrected chi connectivity index (χ1v) is 2.54. The lowest BCUT2D eigenvalue weighted by Gasteiger charge is -2.04. The summed E-state index contributed by atoms with van der Waals surface area (Å²) in [5, 5.41) is 0. The highest BCUT2D eigenvalue weighted by molar-refractivity contribution is 5.96. The Morgan fingerprint density at radius 2 is 2.10 bits per heavy atom. The van der Waals surface area contributed by atoms with E-state index in [-0.39, 0.29) is 0 Å². The first-order chi connectivity index (χ1) is 4.63. The molecule has 58 valence electrons. The molecule has 10 heavy (non-hydrogen) atoms. The van der Waals surface area contributed by atoms with E-state index >= 15 is 0 Å². The zero-order chi connectivity index (χ0) is 8.15. The van der Waals surface area contributed by atoms with Crippen molar-refractivity contribution in [2.24, 2.45) is 17.7 Å². The monoisotopic (exact) mass is 147 g/mol. The number of carbonyl (C=O) groups is 2. The van der Waals surface area contributed by atoms with Gasteiger partial charge in [0.2, 0.25) is 5.91 Å². The Bertz CT molecular complexity index is 131. The van der Waals surface area contributed by atoms with E-state index in [9.17, 15) is 9.59 Å². The summed E-state index contributed by atoms with van der Waals surface area (Å²) in [4.78, 5) is 24.7. The van der Waals surface area contributed by atoms with Crippen LogP contribution in [0.15, 0.2) is 0 Å². The lowest BCUT2D eigenvalue weighted by atomic mass is 10.2. The Morgan fingerprint density at radius 3 is 2.40 bits per heavy atom. The van der Waals surface area contributed by atoms with E-state index < -0.39 is 17.8 Å². The Morgan fingerprint density at radius 1 is 1.60 bits per heavy atom. The van der Waals surface area contributed by atoms with E-state index in [1.807, 2.05) is 0 Å². The highest BCUT2D eigenvalue weighted by Crippen LogP contribution is 1.94. The Balaban J connectivity index is 3.94. The van der Waals surface area contributed by atoms with Crippen molar-refractivity contribution in [2.45, 2.75) is 6.92 Å². The van der Waals surface area contributed by atoms with Crippen LogP contribution in [0.3, 0.4) is 0 Å². The molecular formula is C4H9N3O3. The fraction of sp³-hybridized carbons (Fsp3) is 0.500. The van der Waals surface area contributed by atoms with E-state index in [4.69, 9.17) is 5.84 Å². The summed E-state index contributed by atoms with van der Waals surface area (Å²) < 4.78 is 0.